The largest absolute Gasteiger partial charge is 0.358 e. The first kappa shape index (κ1) is 25.1. The van der Waals surface area contributed by atoms with Crippen molar-refractivity contribution in [2.75, 3.05) is 5.32 Å². The number of nitrogens with one attached hydrogen (secondary N) is 3. The molecule has 4 aromatic rings. The summed E-state index contributed by atoms with van der Waals surface area (Å²) in [5.41, 5.74) is 6.89. The lowest BCUT2D eigenvalue weighted by Crippen LogP contribution is -2.02. The van der Waals surface area contributed by atoms with Crippen LogP contribution in [0.25, 0.3) is 39.3 Å². The van der Waals surface area contributed by atoms with Gasteiger partial charge in [-0.1, -0.05) is 57.4 Å². The van der Waals surface area contributed by atoms with Gasteiger partial charge in [-0.15, -0.1) is 0 Å². The van der Waals surface area contributed by atoms with Gasteiger partial charge in [-0.2, -0.15) is 5.10 Å². The zero-order valence-corrected chi connectivity index (χ0v) is 21.8. The average molecular weight is 508 g/mol. The molecule has 0 aliphatic heterocycles. The van der Waals surface area contributed by atoms with Crippen molar-refractivity contribution in [3.63, 3.8) is 0 Å². The van der Waals surface area contributed by atoms with Gasteiger partial charge >= 0.3 is 0 Å². The number of nitrogens with zero attached hydrogens (tertiary/aromatic N) is 4. The molecule has 4 aromatic heterocycles. The van der Waals surface area contributed by atoms with Gasteiger partial charge < -0.3 is 10.3 Å². The van der Waals surface area contributed by atoms with Gasteiger partial charge in [0, 0.05) is 40.5 Å². The minimum absolute atomic E-state index is 0.264. The lowest BCUT2D eigenvalue weighted by molar-refractivity contribution is 0.642. The Hall–Kier alpha value is -4.59. The Morgan fingerprint density at radius 3 is 2.84 bits per heavy atom. The van der Waals surface area contributed by atoms with Gasteiger partial charge in [-0.05, 0) is 37.3 Å². The molecule has 0 aromatic carbocycles. The second-order valence-electron chi connectivity index (χ2n) is 9.74. The number of aromatic amines is 2. The van der Waals surface area contributed by atoms with Crippen LogP contribution in [0.4, 0.5) is 10.1 Å². The van der Waals surface area contributed by atoms with E-state index in [0.29, 0.717) is 28.6 Å². The Balaban J connectivity index is 1.54. The average Bonchev–Trinajstić information content (AvgIpc) is 3.63. The molecule has 3 N–H and O–H groups in total. The molecule has 0 fully saturated rings. The molecule has 0 radical (unpaired) electrons. The van der Waals surface area contributed by atoms with Gasteiger partial charge in [0.2, 0.25) is 0 Å². The molecule has 192 valence electrons. The highest BCUT2D eigenvalue weighted by atomic mass is 19.1. The maximum Gasteiger partial charge on any atom is 0.184 e. The number of hydrogen-bond donors (Lipinski definition) is 3. The highest BCUT2D eigenvalue weighted by Crippen LogP contribution is 2.35. The quantitative estimate of drug-likeness (QED) is 0.207. The second kappa shape index (κ2) is 10.4. The molecule has 1 aliphatic carbocycles. The van der Waals surface area contributed by atoms with Crippen molar-refractivity contribution in [3.05, 3.63) is 96.7 Å². The van der Waals surface area contributed by atoms with E-state index in [1.54, 1.807) is 18.5 Å². The summed E-state index contributed by atoms with van der Waals surface area (Å²) in [4.78, 5) is 16.9. The monoisotopic (exact) mass is 507 g/mol. The van der Waals surface area contributed by atoms with Crippen LogP contribution in [0.2, 0.25) is 0 Å². The molecule has 4 heterocycles. The molecular formula is C30H30FN7. The summed E-state index contributed by atoms with van der Waals surface area (Å²) in [5.74, 6) is 0.502. The summed E-state index contributed by atoms with van der Waals surface area (Å²) < 4.78 is 16.1. The third-order valence-electron chi connectivity index (χ3n) is 6.29. The normalized spacial score (nSPS) is 13.4. The van der Waals surface area contributed by atoms with Crippen LogP contribution in [0.3, 0.4) is 0 Å². The van der Waals surface area contributed by atoms with Crippen LogP contribution in [-0.2, 0) is 0 Å². The van der Waals surface area contributed by atoms with Crippen LogP contribution in [0.1, 0.15) is 38.1 Å². The molecule has 0 amide bonds. The number of rotatable bonds is 9. The smallest absolute Gasteiger partial charge is 0.184 e. The van der Waals surface area contributed by atoms with E-state index in [4.69, 9.17) is 4.98 Å². The molecule has 7 nitrogen and oxygen atoms in total. The van der Waals surface area contributed by atoms with E-state index in [0.717, 1.165) is 46.8 Å². The van der Waals surface area contributed by atoms with Crippen LogP contribution in [0, 0.1) is 18.7 Å². The van der Waals surface area contributed by atoms with E-state index in [9.17, 15) is 0 Å². The van der Waals surface area contributed by atoms with Crippen molar-refractivity contribution >= 4 is 22.3 Å². The number of anilines is 1. The molecule has 1 aliphatic rings. The number of fused-ring (bicyclic) bond motifs is 1. The van der Waals surface area contributed by atoms with Crippen molar-refractivity contribution in [2.24, 2.45) is 5.92 Å². The molecule has 0 saturated carbocycles. The first-order valence-electron chi connectivity index (χ1n) is 12.6. The molecule has 0 bridgehead atoms. The fraction of sp³-hybridized carbons (Fsp3) is 0.200. The van der Waals surface area contributed by atoms with Gasteiger partial charge in [0.15, 0.2) is 11.5 Å². The van der Waals surface area contributed by atoms with Gasteiger partial charge in [-0.3, -0.25) is 10.1 Å². The molecule has 0 saturated heterocycles. The lowest BCUT2D eigenvalue weighted by atomic mass is 10.0. The first-order valence-corrected chi connectivity index (χ1v) is 12.6. The summed E-state index contributed by atoms with van der Waals surface area (Å²) in [6.07, 6.45) is 16.5. The SMILES string of the molecule is C=C/C=C(/C1=CCC=C1)c1nc(-c2[nH]nc3ncc(-c4cncc(NC(=C)CC(C)C)c4)c(F)c23)[nH]c1C. The zero-order valence-electron chi connectivity index (χ0n) is 21.8. The Morgan fingerprint density at radius 1 is 1.26 bits per heavy atom. The van der Waals surface area contributed by atoms with E-state index in [-0.39, 0.29) is 11.0 Å². The lowest BCUT2D eigenvalue weighted by Gasteiger charge is -2.12. The second-order valence-corrected chi connectivity index (χ2v) is 9.74. The number of H-pyrrole nitrogens is 2. The first-order chi connectivity index (χ1) is 18.4. The third-order valence-corrected chi connectivity index (χ3v) is 6.29. The van der Waals surface area contributed by atoms with Crippen LogP contribution < -0.4 is 5.32 Å². The Bertz CT molecular complexity index is 1630. The van der Waals surface area contributed by atoms with E-state index < -0.39 is 5.82 Å². The summed E-state index contributed by atoms with van der Waals surface area (Å²) in [7, 11) is 0. The van der Waals surface area contributed by atoms with Crippen LogP contribution in [0.5, 0.6) is 0 Å². The highest BCUT2D eigenvalue weighted by molar-refractivity contribution is 5.93. The molecule has 8 heteroatoms. The predicted octanol–water partition coefficient (Wildman–Crippen LogP) is 7.28. The Morgan fingerprint density at radius 2 is 2.11 bits per heavy atom. The minimum atomic E-state index is -0.447. The summed E-state index contributed by atoms with van der Waals surface area (Å²) >= 11 is 0. The van der Waals surface area contributed by atoms with Crippen LogP contribution >= 0.6 is 0 Å². The molecular weight excluding hydrogens is 477 g/mol. The van der Waals surface area contributed by atoms with Crippen molar-refractivity contribution in [3.8, 4) is 22.6 Å². The fourth-order valence-electron chi connectivity index (χ4n) is 4.66. The number of hydrogen-bond acceptors (Lipinski definition) is 5. The van der Waals surface area contributed by atoms with Crippen molar-refractivity contribution in [1.29, 1.82) is 0 Å². The third kappa shape index (κ3) is 4.85. The molecule has 38 heavy (non-hydrogen) atoms. The molecule has 0 spiro atoms. The number of aryl methyl sites for hydroxylation is 1. The van der Waals surface area contributed by atoms with E-state index in [2.05, 4.69) is 75.7 Å². The molecule has 0 unspecified atom stereocenters. The number of aromatic nitrogens is 6. The Labute approximate surface area is 221 Å². The fourth-order valence-corrected chi connectivity index (χ4v) is 4.66. The van der Waals surface area contributed by atoms with E-state index >= 15 is 4.39 Å². The van der Waals surface area contributed by atoms with E-state index in [1.807, 2.05) is 19.1 Å². The van der Waals surface area contributed by atoms with Crippen molar-refractivity contribution < 1.29 is 4.39 Å². The number of halogens is 1. The van der Waals surface area contributed by atoms with Gasteiger partial charge in [0.25, 0.3) is 0 Å². The van der Waals surface area contributed by atoms with Gasteiger partial charge in [0.05, 0.1) is 23.0 Å². The minimum Gasteiger partial charge on any atom is -0.358 e. The van der Waals surface area contributed by atoms with Crippen LogP contribution in [-0.4, -0.2) is 30.1 Å². The molecule has 0 atom stereocenters. The highest BCUT2D eigenvalue weighted by Gasteiger charge is 2.22. The maximum absolute atomic E-state index is 16.1. The summed E-state index contributed by atoms with van der Waals surface area (Å²) in [6, 6.07) is 1.84. The summed E-state index contributed by atoms with van der Waals surface area (Å²) in [5, 5.41) is 10.7. The van der Waals surface area contributed by atoms with Crippen molar-refractivity contribution in [1.82, 2.24) is 30.1 Å². The Kier molecular flexibility index (Phi) is 6.87. The molecule has 5 rings (SSSR count). The zero-order chi connectivity index (χ0) is 26.8. The number of allylic oxidation sites excluding steroid dienone is 8. The number of pyridine rings is 2. The van der Waals surface area contributed by atoms with Gasteiger partial charge in [0.1, 0.15) is 11.5 Å². The topological polar surface area (TPSA) is 95.2 Å². The summed E-state index contributed by atoms with van der Waals surface area (Å²) in [6.45, 7) is 14.1. The van der Waals surface area contributed by atoms with Crippen molar-refractivity contribution in [2.45, 2.75) is 33.6 Å². The standard InChI is InChI=1S/C30H30FN7/c1-6-9-23(20-10-7-8-11-20)27-19(5)35-30(36-27)28-25-26(31)24(16-33-29(25)38-37-28)21-13-22(15-32-14-21)34-18(4)12-17(2)3/h6-7,9-11,13-17,34H,1,4,8,12H2,2-3,5H3,(H,35,36)(H,33,37,38)/b23-9-. The van der Waals surface area contributed by atoms with E-state index in [1.165, 1.54) is 6.20 Å². The maximum atomic E-state index is 16.1. The predicted molar refractivity (Wildman–Crippen MR) is 152 cm³/mol. The number of imidazole rings is 1. The van der Waals surface area contributed by atoms with Crippen LogP contribution in [0.15, 0.2) is 79.5 Å². The van der Waals surface area contributed by atoms with Gasteiger partial charge in [-0.25, -0.2) is 14.4 Å².